The van der Waals surface area contributed by atoms with Gasteiger partial charge in [0.2, 0.25) is 11.7 Å². The molecular formula is C28H30N4O5. The Morgan fingerprint density at radius 2 is 1.38 bits per heavy atom. The van der Waals surface area contributed by atoms with Gasteiger partial charge in [0.15, 0.2) is 23.0 Å². The van der Waals surface area contributed by atoms with Gasteiger partial charge in [0.1, 0.15) is 5.82 Å². The molecule has 1 N–H and O–H groups in total. The number of benzene rings is 3. The summed E-state index contributed by atoms with van der Waals surface area (Å²) >= 11 is 0. The minimum atomic E-state index is 0.516. The van der Waals surface area contributed by atoms with Crippen molar-refractivity contribution in [1.29, 1.82) is 0 Å². The number of anilines is 3. The Morgan fingerprint density at radius 3 is 2.03 bits per heavy atom. The zero-order valence-electron chi connectivity index (χ0n) is 21.6. The molecule has 0 amide bonds. The van der Waals surface area contributed by atoms with E-state index in [4.69, 9.17) is 33.7 Å². The van der Waals surface area contributed by atoms with Gasteiger partial charge in [0.25, 0.3) is 0 Å². The number of methoxy groups -OCH3 is 5. The number of fused-ring (bicyclic) bond motifs is 2. The monoisotopic (exact) mass is 502 g/mol. The smallest absolute Gasteiger partial charge is 0.228 e. The summed E-state index contributed by atoms with van der Waals surface area (Å²) in [5.41, 5.74) is 4.10. The molecule has 3 aromatic carbocycles. The van der Waals surface area contributed by atoms with Gasteiger partial charge in [-0.3, -0.25) is 0 Å². The highest BCUT2D eigenvalue weighted by Gasteiger charge is 2.22. The molecule has 4 aromatic rings. The van der Waals surface area contributed by atoms with Gasteiger partial charge in [-0.2, -0.15) is 4.98 Å². The van der Waals surface area contributed by atoms with E-state index in [0.717, 1.165) is 36.1 Å². The molecule has 0 fully saturated rings. The summed E-state index contributed by atoms with van der Waals surface area (Å²) in [5.74, 6) is 4.03. The third-order valence-corrected chi connectivity index (χ3v) is 6.53. The number of aromatic nitrogens is 2. The lowest BCUT2D eigenvalue weighted by Crippen LogP contribution is -2.31. The largest absolute Gasteiger partial charge is 0.493 e. The fraction of sp³-hybridized carbons (Fsp3) is 0.286. The molecule has 0 unspecified atom stereocenters. The van der Waals surface area contributed by atoms with Gasteiger partial charge in [-0.25, -0.2) is 4.98 Å². The van der Waals surface area contributed by atoms with Crippen molar-refractivity contribution in [3.05, 3.63) is 59.7 Å². The van der Waals surface area contributed by atoms with E-state index in [1.54, 1.807) is 35.5 Å². The molecule has 0 radical (unpaired) electrons. The summed E-state index contributed by atoms with van der Waals surface area (Å²) in [6.45, 7) is 1.55. The summed E-state index contributed by atoms with van der Waals surface area (Å²) in [4.78, 5) is 12.1. The molecule has 0 saturated heterocycles. The standard InChI is InChI=1S/C28H30N4O5/c1-33-22-14-20-21(15-23(22)34-2)30-28(32-11-10-17-8-6-7-9-18(17)16-32)31-27(20)29-19-12-24(35-3)26(37-5)25(13-19)36-4/h6-9,12-15H,10-11,16H2,1-5H3,(H,29,30,31). The van der Waals surface area contributed by atoms with Crippen molar-refractivity contribution >= 4 is 28.4 Å². The van der Waals surface area contributed by atoms with E-state index >= 15 is 0 Å². The fourth-order valence-electron chi connectivity index (χ4n) is 4.64. The quantitative estimate of drug-likeness (QED) is 0.358. The number of hydrogen-bond acceptors (Lipinski definition) is 9. The molecule has 1 aliphatic rings. The van der Waals surface area contributed by atoms with Crippen LogP contribution in [0.15, 0.2) is 48.5 Å². The topological polar surface area (TPSA) is 87.2 Å². The molecule has 2 heterocycles. The van der Waals surface area contributed by atoms with Crippen molar-refractivity contribution in [2.45, 2.75) is 13.0 Å². The van der Waals surface area contributed by atoms with Crippen LogP contribution in [0.1, 0.15) is 11.1 Å². The second-order valence-corrected chi connectivity index (χ2v) is 8.58. The molecular weight excluding hydrogens is 472 g/mol. The number of nitrogens with one attached hydrogen (secondary N) is 1. The highest BCUT2D eigenvalue weighted by Crippen LogP contribution is 2.42. The molecule has 0 spiro atoms. The summed E-state index contributed by atoms with van der Waals surface area (Å²) in [6.07, 6.45) is 0.930. The predicted octanol–water partition coefficient (Wildman–Crippen LogP) is 4.98. The Labute approximate surface area is 215 Å². The predicted molar refractivity (Wildman–Crippen MR) is 143 cm³/mol. The van der Waals surface area contributed by atoms with Crippen LogP contribution in [0.25, 0.3) is 10.9 Å². The highest BCUT2D eigenvalue weighted by atomic mass is 16.5. The van der Waals surface area contributed by atoms with Crippen molar-refractivity contribution in [1.82, 2.24) is 9.97 Å². The Bertz CT molecular complexity index is 1420. The number of ether oxygens (including phenoxy) is 5. The van der Waals surface area contributed by atoms with E-state index in [-0.39, 0.29) is 0 Å². The molecule has 1 aromatic heterocycles. The minimum Gasteiger partial charge on any atom is -0.493 e. The van der Waals surface area contributed by atoms with Gasteiger partial charge in [0, 0.05) is 42.4 Å². The first-order chi connectivity index (χ1) is 18.1. The van der Waals surface area contributed by atoms with Crippen molar-refractivity contribution in [2.75, 3.05) is 52.3 Å². The molecule has 9 nitrogen and oxygen atoms in total. The molecule has 0 bridgehead atoms. The van der Waals surface area contributed by atoms with E-state index in [0.29, 0.717) is 40.5 Å². The van der Waals surface area contributed by atoms with Crippen molar-refractivity contribution in [3.63, 3.8) is 0 Å². The Hall–Kier alpha value is -4.40. The molecule has 37 heavy (non-hydrogen) atoms. The lowest BCUT2D eigenvalue weighted by molar-refractivity contribution is 0.324. The van der Waals surface area contributed by atoms with Crippen LogP contribution in [0, 0.1) is 0 Å². The average Bonchev–Trinajstić information content (AvgIpc) is 2.95. The molecule has 0 aliphatic carbocycles. The first-order valence-corrected chi connectivity index (χ1v) is 11.9. The SMILES string of the molecule is COc1cc2nc(N3CCc4ccccc4C3)nc(Nc3cc(OC)c(OC)c(OC)c3)c2cc1OC. The van der Waals surface area contributed by atoms with Crippen LogP contribution in [-0.4, -0.2) is 52.1 Å². The fourth-order valence-corrected chi connectivity index (χ4v) is 4.64. The van der Waals surface area contributed by atoms with Crippen molar-refractivity contribution < 1.29 is 23.7 Å². The third kappa shape index (κ3) is 4.60. The minimum absolute atomic E-state index is 0.516. The molecule has 5 rings (SSSR count). The van der Waals surface area contributed by atoms with E-state index < -0.39 is 0 Å². The summed E-state index contributed by atoms with van der Waals surface area (Å²) in [7, 11) is 7.97. The van der Waals surface area contributed by atoms with Gasteiger partial charge in [-0.05, 0) is 23.6 Å². The van der Waals surface area contributed by atoms with Crippen LogP contribution in [0.4, 0.5) is 17.5 Å². The van der Waals surface area contributed by atoms with Gasteiger partial charge in [-0.1, -0.05) is 24.3 Å². The van der Waals surface area contributed by atoms with Crippen molar-refractivity contribution in [2.24, 2.45) is 0 Å². The lowest BCUT2D eigenvalue weighted by Gasteiger charge is -2.29. The number of hydrogen-bond donors (Lipinski definition) is 1. The van der Waals surface area contributed by atoms with Gasteiger partial charge < -0.3 is 33.9 Å². The molecule has 9 heteroatoms. The lowest BCUT2D eigenvalue weighted by atomic mass is 10.0. The normalized spacial score (nSPS) is 12.6. The third-order valence-electron chi connectivity index (χ3n) is 6.53. The maximum atomic E-state index is 5.56. The Morgan fingerprint density at radius 1 is 0.730 bits per heavy atom. The number of nitrogens with zero attached hydrogens (tertiary/aromatic N) is 3. The summed E-state index contributed by atoms with van der Waals surface area (Å²) in [5, 5.41) is 4.23. The van der Waals surface area contributed by atoms with E-state index in [9.17, 15) is 0 Å². The second-order valence-electron chi connectivity index (χ2n) is 8.58. The Kier molecular flexibility index (Phi) is 6.76. The van der Waals surface area contributed by atoms with Crippen LogP contribution >= 0.6 is 0 Å². The first kappa shape index (κ1) is 24.3. The van der Waals surface area contributed by atoms with E-state index in [2.05, 4.69) is 34.5 Å². The zero-order chi connectivity index (χ0) is 25.9. The van der Waals surface area contributed by atoms with E-state index in [1.165, 1.54) is 11.1 Å². The first-order valence-electron chi connectivity index (χ1n) is 11.9. The van der Waals surface area contributed by atoms with Gasteiger partial charge in [0.05, 0.1) is 41.1 Å². The van der Waals surface area contributed by atoms with Gasteiger partial charge in [-0.15, -0.1) is 0 Å². The summed E-state index contributed by atoms with van der Waals surface area (Å²) < 4.78 is 27.7. The molecule has 1 aliphatic heterocycles. The van der Waals surface area contributed by atoms with Gasteiger partial charge >= 0.3 is 0 Å². The van der Waals surface area contributed by atoms with Crippen LogP contribution in [0.3, 0.4) is 0 Å². The average molecular weight is 503 g/mol. The molecule has 0 atom stereocenters. The van der Waals surface area contributed by atoms with E-state index in [1.807, 2.05) is 24.3 Å². The second kappa shape index (κ2) is 10.3. The van der Waals surface area contributed by atoms with Crippen LogP contribution < -0.4 is 33.9 Å². The summed E-state index contributed by atoms with van der Waals surface area (Å²) in [6, 6.07) is 15.9. The maximum Gasteiger partial charge on any atom is 0.228 e. The van der Waals surface area contributed by atoms with Crippen LogP contribution in [0.5, 0.6) is 28.7 Å². The zero-order valence-corrected chi connectivity index (χ0v) is 21.6. The highest BCUT2D eigenvalue weighted by molar-refractivity contribution is 5.94. The van der Waals surface area contributed by atoms with Crippen molar-refractivity contribution in [3.8, 4) is 28.7 Å². The van der Waals surface area contributed by atoms with Crippen LogP contribution in [-0.2, 0) is 13.0 Å². The maximum absolute atomic E-state index is 5.56. The Balaban J connectivity index is 1.63. The molecule has 192 valence electrons. The number of rotatable bonds is 8. The van der Waals surface area contributed by atoms with Crippen LogP contribution in [0.2, 0.25) is 0 Å². The molecule has 0 saturated carbocycles.